The molecule has 0 aliphatic carbocycles. The van der Waals surface area contributed by atoms with Crippen LogP contribution in [0.4, 0.5) is 0 Å². The molecule has 1 aliphatic rings. The van der Waals surface area contributed by atoms with Gasteiger partial charge in [-0.1, -0.05) is 0 Å². The maximum absolute atomic E-state index is 11.0. The molecule has 0 amide bonds. The van der Waals surface area contributed by atoms with E-state index in [1.807, 2.05) is 13.8 Å². The van der Waals surface area contributed by atoms with Gasteiger partial charge in [-0.15, -0.1) is 0 Å². The van der Waals surface area contributed by atoms with E-state index in [4.69, 9.17) is 9.47 Å². The molecule has 3 nitrogen and oxygen atoms in total. The van der Waals surface area contributed by atoms with Crippen molar-refractivity contribution in [3.63, 3.8) is 0 Å². The fourth-order valence-electron chi connectivity index (χ4n) is 1.08. The van der Waals surface area contributed by atoms with Gasteiger partial charge in [0.05, 0.1) is 5.60 Å². The van der Waals surface area contributed by atoms with E-state index in [9.17, 15) is 4.79 Å². The molecule has 1 fully saturated rings. The zero-order chi connectivity index (χ0) is 7.78. The predicted octanol–water partition coefficient (Wildman–Crippen LogP) is 0.727. The summed E-state index contributed by atoms with van der Waals surface area (Å²) in [6.07, 6.45) is -0.180. The first-order valence-electron chi connectivity index (χ1n) is 3.28. The Morgan fingerprint density at radius 2 is 2.30 bits per heavy atom. The Labute approximate surface area is 60.3 Å². The molecule has 0 saturated carbocycles. The molecule has 0 aromatic heterocycles. The third-order valence-corrected chi connectivity index (χ3v) is 1.50. The maximum atomic E-state index is 11.0. The standard InChI is InChI=1S/C7H12O3/c1-7(2)4-5(8)6(9-3)10-7/h6H,4H2,1-3H3. The van der Waals surface area contributed by atoms with E-state index in [-0.39, 0.29) is 11.4 Å². The summed E-state index contributed by atoms with van der Waals surface area (Å²) in [6.45, 7) is 3.76. The molecule has 10 heavy (non-hydrogen) atoms. The summed E-state index contributed by atoms with van der Waals surface area (Å²) in [6, 6.07) is 0. The van der Waals surface area contributed by atoms with Crippen molar-refractivity contribution in [2.24, 2.45) is 0 Å². The van der Waals surface area contributed by atoms with Crippen molar-refractivity contribution in [3.05, 3.63) is 0 Å². The van der Waals surface area contributed by atoms with Crippen molar-refractivity contribution in [2.75, 3.05) is 7.11 Å². The van der Waals surface area contributed by atoms with Crippen LogP contribution in [0.1, 0.15) is 20.3 Å². The van der Waals surface area contributed by atoms with Crippen LogP contribution in [0, 0.1) is 0 Å². The van der Waals surface area contributed by atoms with E-state index in [0.29, 0.717) is 6.42 Å². The minimum Gasteiger partial charge on any atom is -0.349 e. The summed E-state index contributed by atoms with van der Waals surface area (Å²) in [5.74, 6) is 0.0347. The van der Waals surface area contributed by atoms with Gasteiger partial charge in [-0.3, -0.25) is 4.79 Å². The number of carbonyl (C=O) groups excluding carboxylic acids is 1. The van der Waals surface area contributed by atoms with E-state index in [0.717, 1.165) is 0 Å². The lowest BCUT2D eigenvalue weighted by Gasteiger charge is -2.16. The van der Waals surface area contributed by atoms with Gasteiger partial charge < -0.3 is 9.47 Å². The monoisotopic (exact) mass is 144 g/mol. The van der Waals surface area contributed by atoms with Gasteiger partial charge in [0.25, 0.3) is 0 Å². The fourth-order valence-corrected chi connectivity index (χ4v) is 1.08. The van der Waals surface area contributed by atoms with Crippen molar-refractivity contribution in [1.29, 1.82) is 0 Å². The quantitative estimate of drug-likeness (QED) is 0.544. The van der Waals surface area contributed by atoms with Gasteiger partial charge in [0.15, 0.2) is 5.78 Å². The fraction of sp³-hybridized carbons (Fsp3) is 0.857. The van der Waals surface area contributed by atoms with E-state index >= 15 is 0 Å². The minimum atomic E-state index is -0.630. The van der Waals surface area contributed by atoms with Gasteiger partial charge in [-0.25, -0.2) is 0 Å². The van der Waals surface area contributed by atoms with Crippen LogP contribution in [0.3, 0.4) is 0 Å². The molecule has 1 saturated heterocycles. The lowest BCUT2D eigenvalue weighted by molar-refractivity contribution is -0.160. The number of ketones is 1. The van der Waals surface area contributed by atoms with Crippen molar-refractivity contribution in [1.82, 2.24) is 0 Å². The molecule has 1 aliphatic heterocycles. The summed E-state index contributed by atoms with van der Waals surface area (Å²) in [5.41, 5.74) is -0.336. The SMILES string of the molecule is COC1OC(C)(C)CC1=O. The van der Waals surface area contributed by atoms with Crippen molar-refractivity contribution < 1.29 is 14.3 Å². The van der Waals surface area contributed by atoms with Gasteiger partial charge in [0.1, 0.15) is 0 Å². The number of carbonyl (C=O) groups is 1. The highest BCUT2D eigenvalue weighted by Gasteiger charge is 2.38. The number of rotatable bonds is 1. The van der Waals surface area contributed by atoms with E-state index in [1.165, 1.54) is 7.11 Å². The molecule has 0 aromatic carbocycles. The molecule has 0 spiro atoms. The van der Waals surface area contributed by atoms with Crippen LogP contribution in [0.5, 0.6) is 0 Å². The molecule has 0 aromatic rings. The zero-order valence-electron chi connectivity index (χ0n) is 6.51. The molecule has 1 heterocycles. The first-order chi connectivity index (χ1) is 4.55. The molecule has 0 bridgehead atoms. The smallest absolute Gasteiger partial charge is 0.218 e. The second kappa shape index (κ2) is 2.32. The Hall–Kier alpha value is -0.410. The summed E-state index contributed by atoms with van der Waals surface area (Å²) in [5, 5.41) is 0. The third-order valence-electron chi connectivity index (χ3n) is 1.50. The Morgan fingerprint density at radius 1 is 1.70 bits per heavy atom. The molecule has 58 valence electrons. The average molecular weight is 144 g/mol. The molecule has 1 unspecified atom stereocenters. The molecule has 0 radical (unpaired) electrons. The first-order valence-corrected chi connectivity index (χ1v) is 3.28. The summed E-state index contributed by atoms with van der Waals surface area (Å²) < 4.78 is 10.0. The number of hydrogen-bond acceptors (Lipinski definition) is 3. The first kappa shape index (κ1) is 7.69. The van der Waals surface area contributed by atoms with Gasteiger partial charge in [0.2, 0.25) is 6.29 Å². The van der Waals surface area contributed by atoms with Crippen LogP contribution < -0.4 is 0 Å². The van der Waals surface area contributed by atoms with Crippen molar-refractivity contribution in [3.8, 4) is 0 Å². The van der Waals surface area contributed by atoms with E-state index < -0.39 is 6.29 Å². The molecule has 1 atom stereocenters. The lowest BCUT2D eigenvalue weighted by Crippen LogP contribution is -2.21. The summed E-state index contributed by atoms with van der Waals surface area (Å²) in [7, 11) is 1.48. The van der Waals surface area contributed by atoms with Crippen LogP contribution in [-0.2, 0) is 14.3 Å². The number of hydrogen-bond donors (Lipinski definition) is 0. The Bertz CT molecular complexity index is 151. The summed E-state index contributed by atoms with van der Waals surface area (Å²) >= 11 is 0. The molecular formula is C7H12O3. The van der Waals surface area contributed by atoms with Gasteiger partial charge in [-0.2, -0.15) is 0 Å². The van der Waals surface area contributed by atoms with Crippen LogP contribution >= 0.6 is 0 Å². The average Bonchev–Trinajstić information content (AvgIpc) is 2.05. The highest BCUT2D eigenvalue weighted by Crippen LogP contribution is 2.26. The van der Waals surface area contributed by atoms with Crippen LogP contribution in [0.25, 0.3) is 0 Å². The maximum Gasteiger partial charge on any atom is 0.218 e. The van der Waals surface area contributed by atoms with Crippen LogP contribution in [-0.4, -0.2) is 24.8 Å². The number of methoxy groups -OCH3 is 1. The molecule has 0 N–H and O–H groups in total. The van der Waals surface area contributed by atoms with E-state index in [1.54, 1.807) is 0 Å². The van der Waals surface area contributed by atoms with Gasteiger partial charge in [-0.05, 0) is 13.8 Å². The van der Waals surface area contributed by atoms with Crippen molar-refractivity contribution >= 4 is 5.78 Å². The second-order valence-electron chi connectivity index (χ2n) is 3.09. The zero-order valence-corrected chi connectivity index (χ0v) is 6.51. The highest BCUT2D eigenvalue weighted by molar-refractivity contribution is 5.84. The van der Waals surface area contributed by atoms with Crippen LogP contribution in [0.2, 0.25) is 0 Å². The minimum absolute atomic E-state index is 0.0347. The number of Topliss-reactive ketones (excluding diaryl/α,β-unsaturated/α-hetero) is 1. The van der Waals surface area contributed by atoms with Crippen molar-refractivity contribution in [2.45, 2.75) is 32.2 Å². The Morgan fingerprint density at radius 3 is 2.50 bits per heavy atom. The second-order valence-corrected chi connectivity index (χ2v) is 3.09. The normalized spacial score (nSPS) is 31.1. The van der Waals surface area contributed by atoms with Gasteiger partial charge in [0, 0.05) is 13.5 Å². The summed E-state index contributed by atoms with van der Waals surface area (Å²) in [4.78, 5) is 11.0. The molecule has 3 heteroatoms. The Balaban J connectivity index is 2.61. The molecular weight excluding hydrogens is 132 g/mol. The topological polar surface area (TPSA) is 35.5 Å². The predicted molar refractivity (Wildman–Crippen MR) is 35.6 cm³/mol. The number of ether oxygens (including phenoxy) is 2. The van der Waals surface area contributed by atoms with E-state index in [2.05, 4.69) is 0 Å². The largest absolute Gasteiger partial charge is 0.349 e. The van der Waals surface area contributed by atoms with Gasteiger partial charge >= 0.3 is 0 Å². The Kier molecular flexibility index (Phi) is 1.79. The highest BCUT2D eigenvalue weighted by atomic mass is 16.7. The molecule has 1 rings (SSSR count). The lowest BCUT2D eigenvalue weighted by atomic mass is 10.1. The van der Waals surface area contributed by atoms with Crippen LogP contribution in [0.15, 0.2) is 0 Å². The third kappa shape index (κ3) is 1.36.